The molecule has 0 radical (unpaired) electrons. The van der Waals surface area contributed by atoms with E-state index in [4.69, 9.17) is 4.74 Å². The molecule has 2 aromatic rings. The number of aliphatic hydroxyl groups is 2. The maximum atomic E-state index is 12.1. The molecule has 0 saturated carbocycles. The Morgan fingerprint density at radius 2 is 2.10 bits per heavy atom. The minimum atomic E-state index is -1.37. The normalized spacial score (nSPS) is 23.6. The fourth-order valence-corrected chi connectivity index (χ4v) is 3.12. The molecule has 0 aromatic carbocycles. The van der Waals surface area contributed by atoms with Gasteiger partial charge in [0, 0.05) is 20.0 Å². The van der Waals surface area contributed by atoms with E-state index in [0.717, 1.165) is 19.3 Å². The number of likely N-dealkylation sites (N-methyl/N-ethyl adjacent to an activating group) is 1. The van der Waals surface area contributed by atoms with Gasteiger partial charge in [0.2, 0.25) is 5.82 Å². The summed E-state index contributed by atoms with van der Waals surface area (Å²) in [6.45, 7) is 4.24. The first-order valence-electron chi connectivity index (χ1n) is 9.72. The Bertz CT molecular complexity index is 934. The van der Waals surface area contributed by atoms with Crippen LogP contribution in [0.2, 0.25) is 0 Å². The van der Waals surface area contributed by atoms with E-state index in [2.05, 4.69) is 44.4 Å². The van der Waals surface area contributed by atoms with Gasteiger partial charge in [0.25, 0.3) is 5.91 Å². The molecule has 0 spiro atoms. The largest absolute Gasteiger partial charge is 0.387 e. The maximum Gasteiger partial charge on any atom is 0.252 e. The van der Waals surface area contributed by atoms with Gasteiger partial charge in [0.1, 0.15) is 12.2 Å². The highest BCUT2D eigenvalue weighted by atomic mass is 16.6. The minimum absolute atomic E-state index is 0.313. The number of carbonyl (C=O) groups is 1. The second-order valence-electron chi connectivity index (χ2n) is 6.70. The van der Waals surface area contributed by atoms with Gasteiger partial charge in [-0.25, -0.2) is 15.0 Å². The lowest BCUT2D eigenvalue weighted by Gasteiger charge is -2.16. The number of hydrogen-bond acceptors (Lipinski definition) is 8. The van der Waals surface area contributed by atoms with E-state index >= 15 is 0 Å². The van der Waals surface area contributed by atoms with Crippen LogP contribution < -0.4 is 10.6 Å². The van der Waals surface area contributed by atoms with Crippen LogP contribution in [0.3, 0.4) is 0 Å². The third kappa shape index (κ3) is 4.17. The Labute approximate surface area is 168 Å². The maximum absolute atomic E-state index is 12.1. The van der Waals surface area contributed by atoms with Crippen molar-refractivity contribution in [3.63, 3.8) is 0 Å². The summed E-state index contributed by atoms with van der Waals surface area (Å²) >= 11 is 0. The highest BCUT2D eigenvalue weighted by Gasteiger charge is 2.47. The van der Waals surface area contributed by atoms with Crippen LogP contribution >= 0.6 is 0 Å². The average Bonchev–Trinajstić information content (AvgIpc) is 3.26. The molecule has 10 heteroatoms. The fraction of sp³-hybridized carbons (Fsp3) is 0.579. The van der Waals surface area contributed by atoms with Crippen molar-refractivity contribution < 1.29 is 19.7 Å². The number of nitrogens with one attached hydrogen (secondary N) is 2. The molecular weight excluding hydrogens is 376 g/mol. The van der Waals surface area contributed by atoms with Crippen molar-refractivity contribution in [3.8, 4) is 11.8 Å². The van der Waals surface area contributed by atoms with Crippen molar-refractivity contribution in [2.24, 2.45) is 0 Å². The number of aliphatic hydroxyl groups excluding tert-OH is 2. The molecule has 156 valence electrons. The summed E-state index contributed by atoms with van der Waals surface area (Å²) in [5.74, 6) is 6.31. The first kappa shape index (κ1) is 21.0. The number of fused-ring (bicyclic) bond motifs is 1. The van der Waals surface area contributed by atoms with Gasteiger partial charge in [0.05, 0.1) is 6.33 Å². The zero-order valence-electron chi connectivity index (χ0n) is 16.7. The summed E-state index contributed by atoms with van der Waals surface area (Å²) in [6.07, 6.45) is -0.682. The summed E-state index contributed by atoms with van der Waals surface area (Å²) in [4.78, 5) is 25.2. The van der Waals surface area contributed by atoms with Crippen LogP contribution in [-0.2, 0) is 9.53 Å². The van der Waals surface area contributed by atoms with Crippen molar-refractivity contribution in [3.05, 3.63) is 12.2 Å². The van der Waals surface area contributed by atoms with Crippen LogP contribution in [0.15, 0.2) is 6.33 Å². The lowest BCUT2D eigenvalue weighted by atomic mass is 10.1. The van der Waals surface area contributed by atoms with Crippen LogP contribution in [0.25, 0.3) is 11.2 Å². The monoisotopic (exact) mass is 402 g/mol. The number of aromatic nitrogens is 4. The molecule has 0 bridgehead atoms. The van der Waals surface area contributed by atoms with E-state index in [1.54, 1.807) is 14.0 Å². The first-order valence-corrected chi connectivity index (χ1v) is 9.72. The highest BCUT2D eigenvalue weighted by Crippen LogP contribution is 2.32. The molecule has 2 aromatic heterocycles. The molecule has 3 rings (SSSR count). The van der Waals surface area contributed by atoms with Crippen molar-refractivity contribution in [2.75, 3.05) is 18.9 Å². The number of ether oxygens (including phenoxy) is 1. The number of amides is 1. The zero-order chi connectivity index (χ0) is 21.0. The van der Waals surface area contributed by atoms with Gasteiger partial charge in [-0.1, -0.05) is 19.3 Å². The third-order valence-electron chi connectivity index (χ3n) is 4.64. The third-order valence-corrected chi connectivity index (χ3v) is 4.64. The molecule has 4 N–H and O–H groups in total. The van der Waals surface area contributed by atoms with Gasteiger partial charge in [-0.2, -0.15) is 0 Å². The fourth-order valence-electron chi connectivity index (χ4n) is 3.12. The molecule has 3 heterocycles. The molecule has 10 nitrogen and oxygen atoms in total. The lowest BCUT2D eigenvalue weighted by molar-refractivity contribution is -0.137. The molecule has 1 aliphatic rings. The van der Waals surface area contributed by atoms with Crippen LogP contribution in [-0.4, -0.2) is 67.5 Å². The molecule has 1 amide bonds. The van der Waals surface area contributed by atoms with Gasteiger partial charge in [-0.05, 0) is 19.3 Å². The van der Waals surface area contributed by atoms with Crippen molar-refractivity contribution in [2.45, 2.75) is 57.6 Å². The number of imidazole rings is 1. The molecule has 29 heavy (non-hydrogen) atoms. The minimum Gasteiger partial charge on any atom is -0.387 e. The predicted molar refractivity (Wildman–Crippen MR) is 106 cm³/mol. The van der Waals surface area contributed by atoms with Crippen molar-refractivity contribution >= 4 is 22.9 Å². The van der Waals surface area contributed by atoms with E-state index < -0.39 is 30.4 Å². The Hall–Kier alpha value is -2.74. The SMILES string of the molecule is CCCCC#Cc1nc(NC)c2ncn(C3O[C@H](C(=O)NCC)C(O)[C@@H]3O)c2n1. The van der Waals surface area contributed by atoms with E-state index in [9.17, 15) is 15.0 Å². The van der Waals surface area contributed by atoms with Gasteiger partial charge in [0.15, 0.2) is 29.3 Å². The van der Waals surface area contributed by atoms with E-state index in [-0.39, 0.29) is 0 Å². The second kappa shape index (κ2) is 9.17. The van der Waals surface area contributed by atoms with E-state index in [0.29, 0.717) is 29.4 Å². The standard InChI is InChI=1S/C19H26N6O4/c1-4-6-7-8-9-11-23-16(20-3)12-17(24-11)25(10-22-12)19-14(27)13(26)15(29-19)18(28)21-5-2/h10,13-15,19,26-27H,4-7H2,1-3H3,(H,21,28)(H,20,23,24)/t13?,14-,15-,19?/m0/s1. The Morgan fingerprint density at radius 1 is 1.31 bits per heavy atom. The number of unbranched alkanes of at least 4 members (excludes halogenated alkanes) is 2. The number of anilines is 1. The smallest absolute Gasteiger partial charge is 0.252 e. The Kier molecular flexibility index (Phi) is 6.64. The van der Waals surface area contributed by atoms with Crippen LogP contribution in [0.1, 0.15) is 45.2 Å². The molecule has 0 aliphatic carbocycles. The molecule has 1 saturated heterocycles. The summed E-state index contributed by atoms with van der Waals surface area (Å²) in [5, 5.41) is 26.3. The van der Waals surface area contributed by atoms with Gasteiger partial charge in [-0.3, -0.25) is 9.36 Å². The summed E-state index contributed by atoms with van der Waals surface area (Å²) in [7, 11) is 1.71. The quantitative estimate of drug-likeness (QED) is 0.397. The van der Waals surface area contributed by atoms with Crippen LogP contribution in [0, 0.1) is 11.8 Å². The van der Waals surface area contributed by atoms with Gasteiger partial charge >= 0.3 is 0 Å². The number of rotatable bonds is 6. The molecule has 1 fully saturated rings. The number of nitrogens with zero attached hydrogens (tertiary/aromatic N) is 4. The highest BCUT2D eigenvalue weighted by molar-refractivity contribution is 5.84. The predicted octanol–water partition coefficient (Wildman–Crippen LogP) is 0.165. The summed E-state index contributed by atoms with van der Waals surface area (Å²) in [5.41, 5.74) is 0.857. The van der Waals surface area contributed by atoms with E-state index in [1.807, 2.05) is 0 Å². The Morgan fingerprint density at radius 3 is 2.79 bits per heavy atom. The summed E-state index contributed by atoms with van der Waals surface area (Å²) < 4.78 is 7.16. The van der Waals surface area contributed by atoms with Crippen LogP contribution in [0.5, 0.6) is 0 Å². The van der Waals surface area contributed by atoms with E-state index in [1.165, 1.54) is 10.9 Å². The van der Waals surface area contributed by atoms with Gasteiger partial charge < -0.3 is 25.6 Å². The Balaban J connectivity index is 1.97. The molecule has 1 aliphatic heterocycles. The van der Waals surface area contributed by atoms with Gasteiger partial charge in [-0.15, -0.1) is 0 Å². The summed E-state index contributed by atoms with van der Waals surface area (Å²) in [6, 6.07) is 0. The first-order chi connectivity index (χ1) is 14.0. The molecular formula is C19H26N6O4. The molecule has 4 atom stereocenters. The number of carbonyl (C=O) groups excluding carboxylic acids is 1. The van der Waals surface area contributed by atoms with Crippen molar-refractivity contribution in [1.29, 1.82) is 0 Å². The van der Waals surface area contributed by atoms with Crippen LogP contribution in [0.4, 0.5) is 5.82 Å². The second-order valence-corrected chi connectivity index (χ2v) is 6.70. The number of hydrogen-bond donors (Lipinski definition) is 4. The molecule has 2 unspecified atom stereocenters. The lowest BCUT2D eigenvalue weighted by Crippen LogP contribution is -2.42. The van der Waals surface area contributed by atoms with Crippen molar-refractivity contribution in [1.82, 2.24) is 24.8 Å². The average molecular weight is 402 g/mol. The zero-order valence-corrected chi connectivity index (χ0v) is 16.7. The topological polar surface area (TPSA) is 134 Å².